The van der Waals surface area contributed by atoms with E-state index in [1.807, 2.05) is 0 Å². The van der Waals surface area contributed by atoms with Gasteiger partial charge in [-0.15, -0.1) is 0 Å². The summed E-state index contributed by atoms with van der Waals surface area (Å²) in [4.78, 5) is 10.4. The Morgan fingerprint density at radius 1 is 0.606 bits per heavy atom. The zero-order valence-electron chi connectivity index (χ0n) is 21.7. The van der Waals surface area contributed by atoms with Crippen LogP contribution in [0.15, 0.2) is 60.2 Å². The van der Waals surface area contributed by atoms with Gasteiger partial charge in [0.05, 0.1) is 22.7 Å². The van der Waals surface area contributed by atoms with Gasteiger partial charge < -0.3 is 19.6 Å². The van der Waals surface area contributed by atoms with Crippen LogP contribution >= 0.6 is 0 Å². The van der Waals surface area contributed by atoms with Crippen LogP contribution in [0.25, 0.3) is 0 Å². The Morgan fingerprint density at radius 2 is 0.939 bits per heavy atom. The highest BCUT2D eigenvalue weighted by Gasteiger charge is 2.47. The van der Waals surface area contributed by atoms with Gasteiger partial charge in [0.15, 0.2) is 11.6 Å². The van der Waals surface area contributed by atoms with Gasteiger partial charge in [0, 0.05) is 31.6 Å². The number of benzene rings is 2. The number of anilines is 4. The SMILES string of the molecule is CC(C)(C)CN1C2=C3N(CC(C)(C)C)c4ccccc4N3CC(C)(C)CN2c2ccccc21. The van der Waals surface area contributed by atoms with Crippen molar-refractivity contribution in [3.8, 4) is 0 Å². The van der Waals surface area contributed by atoms with Gasteiger partial charge in [0.25, 0.3) is 0 Å². The molecule has 176 valence electrons. The molecule has 4 heteroatoms. The third-order valence-corrected chi connectivity index (χ3v) is 6.59. The molecule has 0 amide bonds. The van der Waals surface area contributed by atoms with Crippen molar-refractivity contribution in [1.29, 1.82) is 0 Å². The van der Waals surface area contributed by atoms with Crippen molar-refractivity contribution in [3.05, 3.63) is 60.2 Å². The quantitative estimate of drug-likeness (QED) is 0.499. The molecule has 3 heterocycles. The molecular formula is C29H40N4. The lowest BCUT2D eigenvalue weighted by molar-refractivity contribution is 0.387. The molecule has 5 rings (SSSR count). The number of para-hydroxylation sites is 4. The Bertz CT molecular complexity index is 1010. The lowest BCUT2D eigenvalue weighted by atomic mass is 9.92. The van der Waals surface area contributed by atoms with Gasteiger partial charge in [-0.1, -0.05) is 79.7 Å². The van der Waals surface area contributed by atoms with Crippen molar-refractivity contribution < 1.29 is 0 Å². The summed E-state index contributed by atoms with van der Waals surface area (Å²) < 4.78 is 0. The molecule has 0 fully saturated rings. The van der Waals surface area contributed by atoms with Crippen LogP contribution in [0.3, 0.4) is 0 Å². The van der Waals surface area contributed by atoms with E-state index < -0.39 is 0 Å². The molecule has 0 saturated heterocycles. The smallest absolute Gasteiger partial charge is 0.156 e. The molecule has 0 saturated carbocycles. The second-order valence-electron chi connectivity index (χ2n) is 13.3. The molecule has 4 nitrogen and oxygen atoms in total. The fourth-order valence-corrected chi connectivity index (χ4v) is 5.57. The lowest BCUT2D eigenvalue weighted by Gasteiger charge is -2.36. The molecule has 33 heavy (non-hydrogen) atoms. The first-order valence-electron chi connectivity index (χ1n) is 12.4. The standard InChI is InChI=1S/C29H40N4/c1-27(2,3)17-30-21-13-9-11-15-23(21)32-19-29(7,8)20-33-24-16-12-10-14-22(24)31(18-28(4,5)6)26(33)25(30)32/h9-16H,17-20H2,1-8H3. The van der Waals surface area contributed by atoms with Crippen LogP contribution in [-0.2, 0) is 0 Å². The Balaban J connectivity index is 1.79. The summed E-state index contributed by atoms with van der Waals surface area (Å²) in [6.07, 6.45) is 0. The molecule has 0 aromatic heterocycles. The van der Waals surface area contributed by atoms with E-state index >= 15 is 0 Å². The minimum Gasteiger partial charge on any atom is -0.322 e. The lowest BCUT2D eigenvalue weighted by Crippen LogP contribution is -2.41. The van der Waals surface area contributed by atoms with Crippen LogP contribution in [0.1, 0.15) is 55.4 Å². The van der Waals surface area contributed by atoms with E-state index in [2.05, 4.69) is 124 Å². The molecule has 3 aliphatic rings. The summed E-state index contributed by atoms with van der Waals surface area (Å²) >= 11 is 0. The monoisotopic (exact) mass is 444 g/mol. The maximum Gasteiger partial charge on any atom is 0.156 e. The zero-order chi connectivity index (χ0) is 23.8. The average molecular weight is 445 g/mol. The first-order chi connectivity index (χ1) is 15.3. The average Bonchev–Trinajstić information content (AvgIpc) is 3.07. The molecule has 2 aromatic carbocycles. The van der Waals surface area contributed by atoms with Crippen molar-refractivity contribution >= 4 is 22.7 Å². The summed E-state index contributed by atoms with van der Waals surface area (Å²) in [7, 11) is 0. The number of fused-ring (bicyclic) bond motifs is 6. The highest BCUT2D eigenvalue weighted by molar-refractivity contribution is 5.89. The Morgan fingerprint density at radius 3 is 1.27 bits per heavy atom. The Hall–Kier alpha value is -2.62. The minimum atomic E-state index is 0.128. The summed E-state index contributed by atoms with van der Waals surface area (Å²) in [5.74, 6) is 2.69. The van der Waals surface area contributed by atoms with E-state index in [4.69, 9.17) is 0 Å². The number of nitrogens with zero attached hydrogens (tertiary/aromatic N) is 4. The van der Waals surface area contributed by atoms with Crippen LogP contribution in [0.4, 0.5) is 22.7 Å². The second kappa shape index (κ2) is 7.19. The first-order valence-corrected chi connectivity index (χ1v) is 12.4. The first kappa shape index (κ1) is 22.2. The molecule has 0 unspecified atom stereocenters. The zero-order valence-corrected chi connectivity index (χ0v) is 21.7. The largest absolute Gasteiger partial charge is 0.322 e. The van der Waals surface area contributed by atoms with Gasteiger partial charge in [-0.05, 0) is 35.1 Å². The third-order valence-electron chi connectivity index (χ3n) is 6.59. The maximum atomic E-state index is 2.61. The van der Waals surface area contributed by atoms with Crippen LogP contribution in [0.5, 0.6) is 0 Å². The van der Waals surface area contributed by atoms with E-state index in [9.17, 15) is 0 Å². The maximum absolute atomic E-state index is 2.61. The Labute approximate surface area is 200 Å². The van der Waals surface area contributed by atoms with Crippen LogP contribution in [-0.4, -0.2) is 26.2 Å². The molecule has 0 atom stereocenters. The number of rotatable bonds is 2. The fourth-order valence-electron chi connectivity index (χ4n) is 5.57. The summed E-state index contributed by atoms with van der Waals surface area (Å²) in [6, 6.07) is 18.0. The predicted octanol–water partition coefficient (Wildman–Crippen LogP) is 6.90. The molecule has 0 radical (unpaired) electrons. The van der Waals surface area contributed by atoms with Gasteiger partial charge in [-0.2, -0.15) is 0 Å². The fraction of sp³-hybridized carbons (Fsp3) is 0.517. The highest BCUT2D eigenvalue weighted by Crippen LogP contribution is 2.53. The van der Waals surface area contributed by atoms with E-state index in [0.717, 1.165) is 26.2 Å². The van der Waals surface area contributed by atoms with Gasteiger partial charge in [-0.25, -0.2) is 0 Å². The van der Waals surface area contributed by atoms with Gasteiger partial charge in [0.2, 0.25) is 0 Å². The van der Waals surface area contributed by atoms with E-state index in [1.165, 1.54) is 34.4 Å². The second-order valence-corrected chi connectivity index (χ2v) is 13.3. The van der Waals surface area contributed by atoms with Crippen molar-refractivity contribution in [2.45, 2.75) is 55.4 Å². The molecule has 2 aromatic rings. The van der Waals surface area contributed by atoms with Crippen LogP contribution < -0.4 is 19.6 Å². The number of hydrogen-bond acceptors (Lipinski definition) is 4. The molecule has 0 aliphatic carbocycles. The number of hydrogen-bond donors (Lipinski definition) is 0. The van der Waals surface area contributed by atoms with Gasteiger partial charge >= 0.3 is 0 Å². The Kier molecular flexibility index (Phi) is 4.83. The van der Waals surface area contributed by atoms with E-state index in [-0.39, 0.29) is 16.2 Å². The van der Waals surface area contributed by atoms with Crippen molar-refractivity contribution in [2.24, 2.45) is 16.2 Å². The topological polar surface area (TPSA) is 13.0 Å². The van der Waals surface area contributed by atoms with Gasteiger partial charge in [-0.3, -0.25) is 0 Å². The van der Waals surface area contributed by atoms with Crippen LogP contribution in [0, 0.1) is 16.2 Å². The summed E-state index contributed by atoms with van der Waals surface area (Å²) in [5.41, 5.74) is 5.81. The summed E-state index contributed by atoms with van der Waals surface area (Å²) in [5, 5.41) is 0. The summed E-state index contributed by atoms with van der Waals surface area (Å²) in [6.45, 7) is 22.9. The van der Waals surface area contributed by atoms with Crippen molar-refractivity contribution in [1.82, 2.24) is 0 Å². The normalized spacial score (nSPS) is 19.4. The molecule has 0 spiro atoms. The molecule has 0 bridgehead atoms. The van der Waals surface area contributed by atoms with E-state index in [0.29, 0.717) is 0 Å². The molecular weight excluding hydrogens is 404 g/mol. The van der Waals surface area contributed by atoms with Crippen molar-refractivity contribution in [2.75, 3.05) is 45.8 Å². The minimum absolute atomic E-state index is 0.128. The van der Waals surface area contributed by atoms with Crippen LogP contribution in [0.2, 0.25) is 0 Å². The highest BCUT2D eigenvalue weighted by atomic mass is 15.5. The van der Waals surface area contributed by atoms with Crippen molar-refractivity contribution in [3.63, 3.8) is 0 Å². The van der Waals surface area contributed by atoms with E-state index in [1.54, 1.807) is 0 Å². The molecule has 3 aliphatic heterocycles. The molecule has 0 N–H and O–H groups in total. The predicted molar refractivity (Wildman–Crippen MR) is 142 cm³/mol. The third kappa shape index (κ3) is 3.88. The van der Waals surface area contributed by atoms with Gasteiger partial charge in [0.1, 0.15) is 0 Å².